The van der Waals surface area contributed by atoms with Crippen molar-refractivity contribution in [3.63, 3.8) is 0 Å². The third-order valence-corrected chi connectivity index (χ3v) is 7.29. The van der Waals surface area contributed by atoms with Crippen molar-refractivity contribution in [1.82, 2.24) is 29.4 Å². The summed E-state index contributed by atoms with van der Waals surface area (Å²) in [6.07, 6.45) is 0.638. The van der Waals surface area contributed by atoms with Gasteiger partial charge in [0.05, 0.1) is 25.6 Å². The highest BCUT2D eigenvalue weighted by Gasteiger charge is 2.23. The lowest BCUT2D eigenvalue weighted by Gasteiger charge is -2.24. The van der Waals surface area contributed by atoms with Crippen LogP contribution in [0.2, 0.25) is 0 Å². The molecule has 4 aromatic rings. The molecule has 41 heavy (non-hydrogen) atoms. The fourth-order valence-corrected chi connectivity index (χ4v) is 5.39. The molecule has 0 fully saturated rings. The van der Waals surface area contributed by atoms with Crippen molar-refractivity contribution in [1.29, 1.82) is 0 Å². The van der Waals surface area contributed by atoms with Gasteiger partial charge in [-0.05, 0) is 56.0 Å². The topological polar surface area (TPSA) is 138 Å². The highest BCUT2D eigenvalue weighted by Crippen LogP contribution is 2.37. The zero-order valence-electron chi connectivity index (χ0n) is 24.0. The van der Waals surface area contributed by atoms with E-state index in [0.29, 0.717) is 30.0 Å². The molecule has 0 aliphatic carbocycles. The lowest BCUT2D eigenvalue weighted by atomic mass is 9.97. The van der Waals surface area contributed by atoms with Crippen LogP contribution >= 0.6 is 0 Å². The number of hydrogen-bond acceptors (Lipinski definition) is 8. The van der Waals surface area contributed by atoms with Crippen LogP contribution < -0.4 is 26.0 Å². The van der Waals surface area contributed by atoms with E-state index in [-0.39, 0.29) is 24.5 Å². The largest absolute Gasteiger partial charge is 0.493 e. The molecule has 0 atom stereocenters. The molecule has 12 heteroatoms. The van der Waals surface area contributed by atoms with Crippen LogP contribution in [0.25, 0.3) is 11.3 Å². The van der Waals surface area contributed by atoms with Gasteiger partial charge < -0.3 is 19.9 Å². The maximum Gasteiger partial charge on any atom is 0.330 e. The Morgan fingerprint density at radius 1 is 1.07 bits per heavy atom. The quantitative estimate of drug-likeness (QED) is 0.354. The van der Waals surface area contributed by atoms with E-state index in [1.807, 2.05) is 39.0 Å². The fraction of sp³-hybridized carbons (Fsp3) is 0.345. The van der Waals surface area contributed by atoms with Crippen LogP contribution in [0, 0.1) is 20.8 Å². The SMILES string of the molecule is COc1cc2c(cc1OC)-c1c/c(=N\c3c(C)cc(C)cc3C)n(CCNC(=O)c3c(O)nnn3C)c(=O)n1CC2. The molecule has 0 saturated heterocycles. The number of hydrogen-bond donors (Lipinski definition) is 2. The Balaban J connectivity index is 1.63. The molecule has 0 bridgehead atoms. The van der Waals surface area contributed by atoms with Gasteiger partial charge in [0.1, 0.15) is 5.49 Å². The number of nitrogens with one attached hydrogen (secondary N) is 1. The van der Waals surface area contributed by atoms with Gasteiger partial charge in [-0.15, -0.1) is 0 Å². The molecule has 12 nitrogen and oxygen atoms in total. The van der Waals surface area contributed by atoms with E-state index in [1.165, 1.54) is 11.7 Å². The summed E-state index contributed by atoms with van der Waals surface area (Å²) < 4.78 is 15.5. The maximum atomic E-state index is 14.0. The number of aryl methyl sites for hydroxylation is 5. The number of carbonyl (C=O) groups is 1. The van der Waals surface area contributed by atoms with Crippen molar-refractivity contribution in [3.8, 4) is 28.6 Å². The number of fused-ring (bicyclic) bond motifs is 3. The van der Waals surface area contributed by atoms with Gasteiger partial charge in [-0.1, -0.05) is 28.0 Å². The number of methoxy groups -OCH3 is 2. The van der Waals surface area contributed by atoms with E-state index in [1.54, 1.807) is 23.4 Å². The molecule has 0 spiro atoms. The predicted molar refractivity (Wildman–Crippen MR) is 152 cm³/mol. The van der Waals surface area contributed by atoms with Gasteiger partial charge in [-0.3, -0.25) is 13.9 Å². The normalized spacial score (nSPS) is 12.6. The summed E-state index contributed by atoms with van der Waals surface area (Å²) in [7, 11) is 4.69. The Morgan fingerprint density at radius 2 is 1.76 bits per heavy atom. The Bertz CT molecular complexity index is 1760. The second-order valence-corrected chi connectivity index (χ2v) is 10.1. The van der Waals surface area contributed by atoms with E-state index >= 15 is 0 Å². The van der Waals surface area contributed by atoms with Crippen molar-refractivity contribution < 1.29 is 19.4 Å². The third-order valence-electron chi connectivity index (χ3n) is 7.29. The molecule has 5 rings (SSSR count). The first kappa shape index (κ1) is 27.7. The molecular formula is C29H33N7O5. The molecule has 214 valence electrons. The minimum atomic E-state index is -0.549. The predicted octanol–water partition coefficient (Wildman–Crippen LogP) is 2.31. The summed E-state index contributed by atoms with van der Waals surface area (Å²) in [6.45, 7) is 6.76. The average Bonchev–Trinajstić information content (AvgIpc) is 3.28. The highest BCUT2D eigenvalue weighted by molar-refractivity contribution is 5.94. The first-order valence-electron chi connectivity index (χ1n) is 13.2. The van der Waals surface area contributed by atoms with Crippen molar-refractivity contribution in [2.45, 2.75) is 40.3 Å². The minimum absolute atomic E-state index is 0.0611. The first-order valence-corrected chi connectivity index (χ1v) is 13.2. The molecule has 2 N–H and O–H groups in total. The van der Waals surface area contributed by atoms with Gasteiger partial charge in [0.15, 0.2) is 17.2 Å². The zero-order chi connectivity index (χ0) is 29.4. The van der Waals surface area contributed by atoms with E-state index in [4.69, 9.17) is 14.5 Å². The molecule has 0 unspecified atom stereocenters. The number of nitrogens with zero attached hydrogens (tertiary/aromatic N) is 6. The van der Waals surface area contributed by atoms with Gasteiger partial charge in [0.2, 0.25) is 0 Å². The monoisotopic (exact) mass is 559 g/mol. The Labute approximate surface area is 236 Å². The van der Waals surface area contributed by atoms with Gasteiger partial charge in [-0.25, -0.2) is 14.5 Å². The van der Waals surface area contributed by atoms with E-state index in [9.17, 15) is 14.7 Å². The maximum absolute atomic E-state index is 14.0. The average molecular weight is 560 g/mol. The highest BCUT2D eigenvalue weighted by atomic mass is 16.5. The van der Waals surface area contributed by atoms with Gasteiger partial charge in [0.25, 0.3) is 11.8 Å². The zero-order valence-corrected chi connectivity index (χ0v) is 24.0. The molecule has 2 aromatic heterocycles. The van der Waals surface area contributed by atoms with Gasteiger partial charge in [0, 0.05) is 38.3 Å². The molecule has 2 aromatic carbocycles. The molecule has 1 amide bonds. The summed E-state index contributed by atoms with van der Waals surface area (Å²) >= 11 is 0. The molecular weight excluding hydrogens is 526 g/mol. The lowest BCUT2D eigenvalue weighted by Crippen LogP contribution is -2.44. The first-order chi connectivity index (χ1) is 19.6. The minimum Gasteiger partial charge on any atom is -0.493 e. The Hall–Kier alpha value is -4.87. The summed E-state index contributed by atoms with van der Waals surface area (Å²) in [4.78, 5) is 31.7. The van der Waals surface area contributed by atoms with E-state index in [0.717, 1.165) is 39.2 Å². The van der Waals surface area contributed by atoms with Crippen molar-refractivity contribution in [2.75, 3.05) is 20.8 Å². The molecule has 1 aliphatic heterocycles. The van der Waals surface area contributed by atoms with Crippen LogP contribution in [0.4, 0.5) is 5.69 Å². The van der Waals surface area contributed by atoms with Gasteiger partial charge in [-0.2, -0.15) is 0 Å². The van der Waals surface area contributed by atoms with Crippen LogP contribution in [-0.4, -0.2) is 55.9 Å². The van der Waals surface area contributed by atoms with Crippen LogP contribution in [0.3, 0.4) is 0 Å². The number of ether oxygens (including phenoxy) is 2. The van der Waals surface area contributed by atoms with E-state index in [2.05, 4.69) is 27.8 Å². The Morgan fingerprint density at radius 3 is 2.39 bits per heavy atom. The van der Waals surface area contributed by atoms with Crippen molar-refractivity contribution in [3.05, 3.63) is 74.3 Å². The van der Waals surface area contributed by atoms with Crippen LogP contribution in [0.5, 0.6) is 17.4 Å². The lowest BCUT2D eigenvalue weighted by molar-refractivity contribution is 0.0939. The fourth-order valence-electron chi connectivity index (χ4n) is 5.39. The summed E-state index contributed by atoms with van der Waals surface area (Å²) in [5.41, 5.74) is 6.69. The van der Waals surface area contributed by atoms with E-state index < -0.39 is 11.8 Å². The van der Waals surface area contributed by atoms with Crippen molar-refractivity contribution in [2.24, 2.45) is 12.0 Å². The smallest absolute Gasteiger partial charge is 0.330 e. The standard InChI is InChI=1S/C29H33N7O5/c1-16-11-17(2)25(18(3)12-16)31-24-15-21-20-14-23(41-6)22(40-5)13-19(20)7-9-35(21)29(39)36(24)10-8-30-27(37)26-28(38)32-33-34(26)4/h11-15,38H,7-10H2,1-6H3,(H,30,37)/b31-24+. The summed E-state index contributed by atoms with van der Waals surface area (Å²) in [5, 5.41) is 19.8. The number of carbonyl (C=O) groups excluding carboxylic acids is 1. The van der Waals surface area contributed by atoms with Crippen molar-refractivity contribution >= 4 is 11.6 Å². The summed E-state index contributed by atoms with van der Waals surface area (Å²) in [6, 6.07) is 9.87. The molecule has 0 radical (unpaired) electrons. The summed E-state index contributed by atoms with van der Waals surface area (Å²) in [5.74, 6) is 0.197. The number of aromatic hydroxyl groups is 1. The number of rotatable bonds is 7. The van der Waals surface area contributed by atoms with Gasteiger partial charge >= 0.3 is 5.69 Å². The molecule has 0 saturated carbocycles. The van der Waals surface area contributed by atoms with Crippen LogP contribution in [-0.2, 0) is 26.6 Å². The molecule has 3 heterocycles. The molecule has 1 aliphatic rings. The van der Waals surface area contributed by atoms with Crippen LogP contribution in [0.1, 0.15) is 32.7 Å². The number of benzene rings is 2. The number of amides is 1. The second kappa shape index (κ2) is 11.0. The van der Waals surface area contributed by atoms with Crippen LogP contribution in [0.15, 0.2) is 40.1 Å². The number of aromatic nitrogens is 5. The second-order valence-electron chi connectivity index (χ2n) is 10.1. The Kier molecular flexibility index (Phi) is 7.40. The third kappa shape index (κ3) is 5.08.